The first-order valence-corrected chi connectivity index (χ1v) is 10.9. The minimum Gasteiger partial charge on any atom is -0.345 e. The first-order valence-electron chi connectivity index (χ1n) is 9.00. The van der Waals surface area contributed by atoms with Crippen LogP contribution in [-0.2, 0) is 10.0 Å². The van der Waals surface area contributed by atoms with Gasteiger partial charge >= 0.3 is 0 Å². The number of halogens is 1. The van der Waals surface area contributed by atoms with Gasteiger partial charge in [-0.1, -0.05) is 36.6 Å². The molecule has 1 amide bonds. The van der Waals surface area contributed by atoms with Gasteiger partial charge in [0, 0.05) is 10.6 Å². The van der Waals surface area contributed by atoms with E-state index in [1.165, 1.54) is 44.2 Å². The fraction of sp³-hybridized carbons (Fsp3) is 0.350. The van der Waals surface area contributed by atoms with Crippen LogP contribution in [0.5, 0.6) is 0 Å². The summed E-state index contributed by atoms with van der Waals surface area (Å²) in [5.74, 6) is 0.175. The van der Waals surface area contributed by atoms with Gasteiger partial charge in [-0.2, -0.15) is 0 Å². The largest absolute Gasteiger partial charge is 0.345 e. The third-order valence-corrected chi connectivity index (χ3v) is 6.76. The van der Waals surface area contributed by atoms with E-state index in [0.717, 1.165) is 18.4 Å². The molecule has 1 fully saturated rings. The molecule has 0 spiro atoms. The molecule has 1 aliphatic carbocycles. The summed E-state index contributed by atoms with van der Waals surface area (Å²) >= 11 is 6.00. The minimum absolute atomic E-state index is 0.0852. The minimum atomic E-state index is -3.52. The number of nitrogens with one attached hydrogen (secondary N) is 2. The zero-order chi connectivity index (χ0) is 19.4. The van der Waals surface area contributed by atoms with Crippen molar-refractivity contribution in [3.05, 3.63) is 64.7 Å². The van der Waals surface area contributed by atoms with Gasteiger partial charge in [0.25, 0.3) is 5.91 Å². The number of carbonyl (C=O) groups is 1. The molecule has 2 aromatic rings. The molecule has 1 unspecified atom stereocenters. The van der Waals surface area contributed by atoms with Crippen molar-refractivity contribution < 1.29 is 13.2 Å². The maximum Gasteiger partial charge on any atom is 0.251 e. The van der Waals surface area contributed by atoms with Crippen molar-refractivity contribution in [2.24, 2.45) is 5.92 Å². The SMILES string of the molecule is CNS(=O)(=O)c1ccc(C(=O)NC(c2ccc(Cl)cc2)C2CCCC2)cc1. The average Bonchev–Trinajstić information content (AvgIpc) is 3.21. The van der Waals surface area contributed by atoms with E-state index in [4.69, 9.17) is 11.6 Å². The van der Waals surface area contributed by atoms with E-state index in [9.17, 15) is 13.2 Å². The predicted octanol–water partition coefficient (Wildman–Crippen LogP) is 3.91. The molecule has 0 radical (unpaired) electrons. The number of rotatable bonds is 6. The highest BCUT2D eigenvalue weighted by atomic mass is 35.5. The number of hydrogen-bond acceptors (Lipinski definition) is 3. The fourth-order valence-electron chi connectivity index (χ4n) is 3.56. The monoisotopic (exact) mass is 406 g/mol. The second-order valence-electron chi connectivity index (χ2n) is 6.78. The van der Waals surface area contributed by atoms with Crippen molar-refractivity contribution in [1.29, 1.82) is 0 Å². The third-order valence-electron chi connectivity index (χ3n) is 5.08. The van der Waals surface area contributed by atoms with Crippen LogP contribution in [0, 0.1) is 5.92 Å². The van der Waals surface area contributed by atoms with Gasteiger partial charge in [-0.3, -0.25) is 4.79 Å². The van der Waals surface area contributed by atoms with Crippen LogP contribution in [0.2, 0.25) is 5.02 Å². The van der Waals surface area contributed by atoms with Crippen LogP contribution in [0.15, 0.2) is 53.4 Å². The second-order valence-corrected chi connectivity index (χ2v) is 9.10. The second kappa shape index (κ2) is 8.42. The molecular weight excluding hydrogens is 384 g/mol. The molecule has 1 atom stereocenters. The summed E-state index contributed by atoms with van der Waals surface area (Å²) in [5, 5.41) is 3.80. The molecular formula is C20H23ClN2O3S. The Kier molecular flexibility index (Phi) is 6.19. The molecule has 27 heavy (non-hydrogen) atoms. The van der Waals surface area contributed by atoms with Crippen LogP contribution in [0.4, 0.5) is 0 Å². The van der Waals surface area contributed by atoms with E-state index in [1.54, 1.807) is 0 Å². The molecule has 1 saturated carbocycles. The fourth-order valence-corrected chi connectivity index (χ4v) is 4.42. The van der Waals surface area contributed by atoms with E-state index in [0.29, 0.717) is 16.5 Å². The van der Waals surface area contributed by atoms with Gasteiger partial charge < -0.3 is 5.32 Å². The highest BCUT2D eigenvalue weighted by Crippen LogP contribution is 2.36. The number of carbonyl (C=O) groups excluding carboxylic acids is 1. The van der Waals surface area contributed by atoms with Crippen molar-refractivity contribution in [2.75, 3.05) is 7.05 Å². The molecule has 5 nitrogen and oxygen atoms in total. The summed E-state index contributed by atoms with van der Waals surface area (Å²) < 4.78 is 25.9. The molecule has 2 aromatic carbocycles. The summed E-state index contributed by atoms with van der Waals surface area (Å²) in [5.41, 5.74) is 1.47. The lowest BCUT2D eigenvalue weighted by Gasteiger charge is -2.25. The number of amides is 1. The third kappa shape index (κ3) is 4.69. The van der Waals surface area contributed by atoms with Crippen molar-refractivity contribution in [3.63, 3.8) is 0 Å². The van der Waals surface area contributed by atoms with E-state index >= 15 is 0 Å². The van der Waals surface area contributed by atoms with Crippen molar-refractivity contribution in [1.82, 2.24) is 10.0 Å². The maximum absolute atomic E-state index is 12.8. The summed E-state index contributed by atoms with van der Waals surface area (Å²) in [7, 11) is -2.16. The predicted molar refractivity (Wildman–Crippen MR) is 106 cm³/mol. The van der Waals surface area contributed by atoms with Gasteiger partial charge in [0.2, 0.25) is 10.0 Å². The molecule has 0 bridgehead atoms. The summed E-state index contributed by atoms with van der Waals surface area (Å²) in [6.45, 7) is 0. The first kappa shape index (κ1) is 19.9. The van der Waals surface area contributed by atoms with Gasteiger partial charge in [-0.05, 0) is 67.8 Å². The smallest absolute Gasteiger partial charge is 0.251 e. The number of hydrogen-bond donors (Lipinski definition) is 2. The molecule has 0 saturated heterocycles. The van der Waals surface area contributed by atoms with Crippen LogP contribution < -0.4 is 10.0 Å². The van der Waals surface area contributed by atoms with Gasteiger partial charge in [-0.15, -0.1) is 0 Å². The highest BCUT2D eigenvalue weighted by molar-refractivity contribution is 7.89. The first-order chi connectivity index (χ1) is 12.9. The number of sulfonamides is 1. The molecule has 2 N–H and O–H groups in total. The quantitative estimate of drug-likeness (QED) is 0.763. The standard InChI is InChI=1S/C20H23ClN2O3S/c1-22-27(25,26)18-12-8-16(9-13-18)20(24)23-19(14-4-2-3-5-14)15-6-10-17(21)11-7-15/h6-14,19,22H,2-5H2,1H3,(H,23,24). The van der Waals surface area contributed by atoms with E-state index < -0.39 is 10.0 Å². The molecule has 0 aliphatic heterocycles. The van der Waals surface area contributed by atoms with Crippen LogP contribution in [0.3, 0.4) is 0 Å². The van der Waals surface area contributed by atoms with Gasteiger partial charge in [-0.25, -0.2) is 13.1 Å². The van der Waals surface area contributed by atoms with Crippen LogP contribution >= 0.6 is 11.6 Å². The number of benzene rings is 2. The lowest BCUT2D eigenvalue weighted by atomic mass is 9.91. The van der Waals surface area contributed by atoms with Gasteiger partial charge in [0.15, 0.2) is 0 Å². The molecule has 7 heteroatoms. The maximum atomic E-state index is 12.8. The van der Waals surface area contributed by atoms with E-state index in [1.807, 2.05) is 24.3 Å². The Balaban J connectivity index is 1.81. The Morgan fingerprint density at radius 2 is 1.63 bits per heavy atom. The highest BCUT2D eigenvalue weighted by Gasteiger charge is 2.28. The van der Waals surface area contributed by atoms with Crippen molar-refractivity contribution in [2.45, 2.75) is 36.6 Å². The van der Waals surface area contributed by atoms with Crippen LogP contribution in [-0.4, -0.2) is 21.4 Å². The van der Waals surface area contributed by atoms with Crippen LogP contribution in [0.1, 0.15) is 47.6 Å². The summed E-state index contributed by atoms with van der Waals surface area (Å²) in [6.07, 6.45) is 4.49. The lowest BCUT2D eigenvalue weighted by Crippen LogP contribution is -2.32. The zero-order valence-electron chi connectivity index (χ0n) is 15.1. The molecule has 144 valence electrons. The molecule has 0 aromatic heterocycles. The van der Waals surface area contributed by atoms with Gasteiger partial charge in [0.05, 0.1) is 10.9 Å². The molecule has 0 heterocycles. The average molecular weight is 407 g/mol. The Morgan fingerprint density at radius 3 is 2.19 bits per heavy atom. The topological polar surface area (TPSA) is 75.3 Å². The Morgan fingerprint density at radius 1 is 1.04 bits per heavy atom. The van der Waals surface area contributed by atoms with E-state index in [2.05, 4.69) is 10.0 Å². The van der Waals surface area contributed by atoms with Gasteiger partial charge in [0.1, 0.15) is 0 Å². The Bertz CT molecular complexity index is 890. The molecule has 1 aliphatic rings. The molecule has 3 rings (SSSR count). The van der Waals surface area contributed by atoms with Crippen molar-refractivity contribution >= 4 is 27.5 Å². The summed E-state index contributed by atoms with van der Waals surface area (Å²) in [6, 6.07) is 13.4. The van der Waals surface area contributed by atoms with Crippen molar-refractivity contribution in [3.8, 4) is 0 Å². The normalized spacial score (nSPS) is 16.2. The Labute approximate surface area is 165 Å². The zero-order valence-corrected chi connectivity index (χ0v) is 16.7. The van der Waals surface area contributed by atoms with Crippen LogP contribution in [0.25, 0.3) is 0 Å². The Hall–Kier alpha value is -1.89. The van der Waals surface area contributed by atoms with E-state index in [-0.39, 0.29) is 16.8 Å². The lowest BCUT2D eigenvalue weighted by molar-refractivity contribution is 0.0921. The summed E-state index contributed by atoms with van der Waals surface area (Å²) in [4.78, 5) is 12.9.